The third-order valence-corrected chi connectivity index (χ3v) is 1.59. The van der Waals surface area contributed by atoms with Crippen molar-refractivity contribution < 1.29 is 0 Å². The molecule has 14 heavy (non-hydrogen) atoms. The molecule has 0 saturated heterocycles. The highest BCUT2D eigenvalue weighted by molar-refractivity contribution is 5.89. The maximum Gasteiger partial charge on any atom is 0.0353 e. The van der Waals surface area contributed by atoms with Gasteiger partial charge in [-0.3, -0.25) is 0 Å². The molecule has 0 radical (unpaired) electrons. The molecule has 0 aliphatic rings. The molecule has 0 atom stereocenters. The predicted octanol–water partition coefficient (Wildman–Crippen LogP) is 1.64. The van der Waals surface area contributed by atoms with E-state index in [1.165, 1.54) is 0 Å². The summed E-state index contributed by atoms with van der Waals surface area (Å²) in [6.07, 6.45) is 1.95. The van der Waals surface area contributed by atoms with Crippen LogP contribution in [0, 0.1) is 0 Å². The topological polar surface area (TPSA) is 31.2 Å². The molecule has 82 valence electrons. The number of hydrazone groups is 2. The fraction of sp³-hybridized carbons (Fsp3) is 0.800. The van der Waals surface area contributed by atoms with Crippen molar-refractivity contribution in [1.29, 1.82) is 0 Å². The average molecular weight is 198 g/mol. The number of hydrogen-bond acceptors (Lipinski definition) is 4. The van der Waals surface area contributed by atoms with Gasteiger partial charge < -0.3 is 10.0 Å². The van der Waals surface area contributed by atoms with E-state index in [1.54, 1.807) is 0 Å². The SMILES string of the molecule is CC(CCC(C)=NN(C)C)=NN(C)C. The molecular weight excluding hydrogens is 176 g/mol. The molecule has 0 fully saturated rings. The lowest BCUT2D eigenvalue weighted by Crippen LogP contribution is -2.09. The van der Waals surface area contributed by atoms with E-state index < -0.39 is 0 Å². The Morgan fingerprint density at radius 2 is 1.07 bits per heavy atom. The summed E-state index contributed by atoms with van der Waals surface area (Å²) in [7, 11) is 7.74. The molecule has 0 aliphatic heterocycles. The Morgan fingerprint density at radius 1 is 0.786 bits per heavy atom. The summed E-state index contributed by atoms with van der Waals surface area (Å²) in [5.41, 5.74) is 2.28. The Balaban J connectivity index is 3.94. The molecule has 0 aliphatic carbocycles. The van der Waals surface area contributed by atoms with Crippen LogP contribution < -0.4 is 0 Å². The quantitative estimate of drug-likeness (QED) is 0.497. The molecule has 0 amide bonds. The molecule has 0 saturated carbocycles. The van der Waals surface area contributed by atoms with Gasteiger partial charge in [0.1, 0.15) is 0 Å². The minimum Gasteiger partial charge on any atom is -0.303 e. The molecule has 4 nitrogen and oxygen atoms in total. The van der Waals surface area contributed by atoms with Gasteiger partial charge >= 0.3 is 0 Å². The zero-order chi connectivity index (χ0) is 11.1. The molecule has 0 spiro atoms. The fourth-order valence-electron chi connectivity index (χ4n) is 1.14. The molecule has 0 bridgehead atoms. The lowest BCUT2D eigenvalue weighted by molar-refractivity contribution is 0.433. The number of rotatable bonds is 5. The normalized spacial score (nSPS) is 13.0. The van der Waals surface area contributed by atoms with E-state index in [4.69, 9.17) is 0 Å². The lowest BCUT2D eigenvalue weighted by Gasteiger charge is -2.09. The highest BCUT2D eigenvalue weighted by Gasteiger charge is 1.96. The molecule has 0 unspecified atom stereocenters. The maximum atomic E-state index is 4.31. The zero-order valence-corrected chi connectivity index (χ0v) is 10.2. The predicted molar refractivity (Wildman–Crippen MR) is 62.8 cm³/mol. The van der Waals surface area contributed by atoms with Gasteiger partial charge in [0.2, 0.25) is 0 Å². The van der Waals surface area contributed by atoms with E-state index in [2.05, 4.69) is 10.2 Å². The molecule has 4 heteroatoms. The third-order valence-electron chi connectivity index (χ3n) is 1.59. The van der Waals surface area contributed by atoms with Crippen molar-refractivity contribution in [3.63, 3.8) is 0 Å². The maximum absolute atomic E-state index is 4.31. The van der Waals surface area contributed by atoms with Crippen LogP contribution >= 0.6 is 0 Å². The lowest BCUT2D eigenvalue weighted by atomic mass is 10.2. The van der Waals surface area contributed by atoms with Crippen LogP contribution in [0.4, 0.5) is 0 Å². The largest absolute Gasteiger partial charge is 0.303 e. The van der Waals surface area contributed by atoms with Gasteiger partial charge in [0.15, 0.2) is 0 Å². The van der Waals surface area contributed by atoms with Crippen molar-refractivity contribution in [1.82, 2.24) is 10.0 Å². The summed E-state index contributed by atoms with van der Waals surface area (Å²) in [6, 6.07) is 0. The van der Waals surface area contributed by atoms with Gasteiger partial charge in [-0.2, -0.15) is 10.2 Å². The first-order valence-corrected chi connectivity index (χ1v) is 4.84. The smallest absolute Gasteiger partial charge is 0.0353 e. The van der Waals surface area contributed by atoms with Crippen LogP contribution in [0.25, 0.3) is 0 Å². The van der Waals surface area contributed by atoms with E-state index >= 15 is 0 Å². The molecule has 0 aromatic heterocycles. The van der Waals surface area contributed by atoms with Gasteiger partial charge in [0.05, 0.1) is 0 Å². The fourth-order valence-corrected chi connectivity index (χ4v) is 1.14. The molecule has 0 N–H and O–H groups in total. The number of hydrogen-bond donors (Lipinski definition) is 0. The second-order valence-electron chi connectivity index (χ2n) is 3.86. The Hall–Kier alpha value is -1.06. The van der Waals surface area contributed by atoms with Crippen LogP contribution in [0.15, 0.2) is 10.2 Å². The Bertz CT molecular complexity index is 192. The molecule has 0 aromatic carbocycles. The van der Waals surface area contributed by atoms with Gasteiger partial charge in [-0.25, -0.2) is 0 Å². The Morgan fingerprint density at radius 3 is 1.29 bits per heavy atom. The summed E-state index contributed by atoms with van der Waals surface area (Å²) in [5, 5.41) is 12.3. The van der Waals surface area contributed by atoms with Gasteiger partial charge in [0.25, 0.3) is 0 Å². The van der Waals surface area contributed by atoms with Crippen LogP contribution in [0.5, 0.6) is 0 Å². The highest BCUT2D eigenvalue weighted by Crippen LogP contribution is 1.97. The second kappa shape index (κ2) is 6.40. The van der Waals surface area contributed by atoms with Crippen molar-refractivity contribution in [3.05, 3.63) is 0 Å². The average Bonchev–Trinajstić information content (AvgIpc) is 1.98. The van der Waals surface area contributed by atoms with Gasteiger partial charge in [-0.05, 0) is 26.7 Å². The van der Waals surface area contributed by atoms with E-state index in [1.807, 2.05) is 52.1 Å². The summed E-state index contributed by atoms with van der Waals surface area (Å²) in [4.78, 5) is 0. The molecule has 0 aromatic rings. The van der Waals surface area contributed by atoms with Crippen molar-refractivity contribution in [2.45, 2.75) is 26.7 Å². The van der Waals surface area contributed by atoms with Crippen molar-refractivity contribution in [2.24, 2.45) is 10.2 Å². The van der Waals surface area contributed by atoms with Crippen molar-refractivity contribution in [3.8, 4) is 0 Å². The number of nitrogens with zero attached hydrogens (tertiary/aromatic N) is 4. The molecular formula is C10H22N4. The van der Waals surface area contributed by atoms with E-state index in [0.29, 0.717) is 0 Å². The Labute approximate surface area is 87.3 Å². The van der Waals surface area contributed by atoms with Gasteiger partial charge in [0, 0.05) is 39.6 Å². The summed E-state index contributed by atoms with van der Waals surface area (Å²) in [6.45, 7) is 4.09. The van der Waals surface area contributed by atoms with E-state index in [0.717, 1.165) is 24.3 Å². The van der Waals surface area contributed by atoms with Crippen LogP contribution in [0.2, 0.25) is 0 Å². The van der Waals surface area contributed by atoms with Gasteiger partial charge in [-0.15, -0.1) is 0 Å². The van der Waals surface area contributed by atoms with E-state index in [-0.39, 0.29) is 0 Å². The second-order valence-corrected chi connectivity index (χ2v) is 3.86. The Kier molecular flexibility index (Phi) is 5.92. The van der Waals surface area contributed by atoms with Crippen molar-refractivity contribution in [2.75, 3.05) is 28.2 Å². The molecule has 0 rings (SSSR count). The minimum absolute atomic E-state index is 0.974. The van der Waals surface area contributed by atoms with E-state index in [9.17, 15) is 0 Å². The highest BCUT2D eigenvalue weighted by atomic mass is 15.4. The van der Waals surface area contributed by atoms with Crippen molar-refractivity contribution >= 4 is 11.4 Å². The summed E-state index contributed by atoms with van der Waals surface area (Å²) >= 11 is 0. The first-order chi connectivity index (χ1) is 6.41. The minimum atomic E-state index is 0.974. The first-order valence-electron chi connectivity index (χ1n) is 4.84. The van der Waals surface area contributed by atoms with Crippen LogP contribution in [-0.4, -0.2) is 49.6 Å². The van der Waals surface area contributed by atoms with Crippen LogP contribution in [-0.2, 0) is 0 Å². The van der Waals surface area contributed by atoms with Crippen LogP contribution in [0.1, 0.15) is 26.7 Å². The monoisotopic (exact) mass is 198 g/mol. The third kappa shape index (κ3) is 7.58. The standard InChI is InChI=1S/C10H22N4/c1-9(11-13(3)4)7-8-10(2)12-14(5)6/h7-8H2,1-6H3. The zero-order valence-electron chi connectivity index (χ0n) is 10.2. The first kappa shape index (κ1) is 12.9. The van der Waals surface area contributed by atoms with Gasteiger partial charge in [-0.1, -0.05) is 0 Å². The summed E-state index contributed by atoms with van der Waals surface area (Å²) in [5.74, 6) is 0. The van der Waals surface area contributed by atoms with Crippen LogP contribution in [0.3, 0.4) is 0 Å². The summed E-state index contributed by atoms with van der Waals surface area (Å²) < 4.78 is 0. The molecule has 0 heterocycles.